The van der Waals surface area contributed by atoms with Crippen molar-refractivity contribution in [3.8, 4) is 11.5 Å². The minimum atomic E-state index is 0.157. The number of nitrogens with one attached hydrogen (secondary N) is 1. The Morgan fingerprint density at radius 1 is 0.971 bits per heavy atom. The van der Waals surface area contributed by atoms with E-state index in [1.807, 2.05) is 12.1 Å². The number of rotatable bonds is 17. The van der Waals surface area contributed by atoms with Crippen LogP contribution in [0.4, 0.5) is 0 Å². The van der Waals surface area contributed by atoms with Crippen molar-refractivity contribution in [1.82, 2.24) is 10.2 Å². The monoisotopic (exact) mass is 474 g/mol. The molecule has 1 aromatic rings. The average molecular weight is 475 g/mol. The van der Waals surface area contributed by atoms with Crippen molar-refractivity contribution in [2.24, 2.45) is 5.92 Å². The first-order valence-corrected chi connectivity index (χ1v) is 13.9. The first kappa shape index (κ1) is 28.5. The van der Waals surface area contributed by atoms with Crippen molar-refractivity contribution in [3.63, 3.8) is 0 Å². The Labute approximate surface area is 209 Å². The maximum absolute atomic E-state index is 12.4. The maximum atomic E-state index is 12.4. The van der Waals surface area contributed by atoms with Gasteiger partial charge in [0.2, 0.25) is 5.91 Å². The van der Waals surface area contributed by atoms with Crippen LogP contribution in [0.5, 0.6) is 11.5 Å². The lowest BCUT2D eigenvalue weighted by Gasteiger charge is -2.26. The second kappa shape index (κ2) is 16.8. The molecule has 1 fully saturated rings. The second-order valence-electron chi connectivity index (χ2n) is 10.1. The number of hydrogen-bond acceptors (Lipinski definition) is 4. The fourth-order valence-corrected chi connectivity index (χ4v) is 4.74. The van der Waals surface area contributed by atoms with Crippen LogP contribution in [0.25, 0.3) is 0 Å². The van der Waals surface area contributed by atoms with Crippen LogP contribution in [0.3, 0.4) is 0 Å². The minimum Gasteiger partial charge on any atom is -0.493 e. The summed E-state index contributed by atoms with van der Waals surface area (Å²) in [5, 5.41) is 3.22. The molecule has 34 heavy (non-hydrogen) atoms. The van der Waals surface area contributed by atoms with E-state index >= 15 is 0 Å². The predicted molar refractivity (Wildman–Crippen MR) is 142 cm³/mol. The summed E-state index contributed by atoms with van der Waals surface area (Å²) in [6.45, 7) is 10.7. The molecule has 1 N–H and O–H groups in total. The van der Waals surface area contributed by atoms with Gasteiger partial charge in [-0.1, -0.05) is 52.5 Å². The normalized spacial score (nSPS) is 18.1. The van der Waals surface area contributed by atoms with Gasteiger partial charge in [-0.25, -0.2) is 0 Å². The van der Waals surface area contributed by atoms with Gasteiger partial charge in [0.1, 0.15) is 6.61 Å². The van der Waals surface area contributed by atoms with Crippen molar-refractivity contribution in [2.75, 3.05) is 33.4 Å². The lowest BCUT2D eigenvalue weighted by Crippen LogP contribution is -2.37. The molecule has 0 unspecified atom stereocenters. The summed E-state index contributed by atoms with van der Waals surface area (Å²) in [5.74, 6) is 2.49. The van der Waals surface area contributed by atoms with Crippen LogP contribution in [0, 0.1) is 5.92 Å². The molecule has 0 saturated heterocycles. The zero-order valence-electron chi connectivity index (χ0n) is 22.4. The van der Waals surface area contributed by atoms with Gasteiger partial charge >= 0.3 is 0 Å². The van der Waals surface area contributed by atoms with Crippen molar-refractivity contribution >= 4 is 5.91 Å². The van der Waals surface area contributed by atoms with Crippen molar-refractivity contribution in [3.05, 3.63) is 23.8 Å². The standard InChI is InChI=1S/C29H50N2O3/c1-5-7-9-19-31(20-10-8-6-2)21-22-34-27-17-13-25(23-28(27)33-4)14-18-29(32)30-26-15-11-24(3)12-16-26/h13,17,23-24,26H,5-12,14-16,18-22H2,1-4H3,(H,30,32). The van der Waals surface area contributed by atoms with Crippen LogP contribution < -0.4 is 14.8 Å². The van der Waals surface area contributed by atoms with E-state index in [4.69, 9.17) is 9.47 Å². The van der Waals surface area contributed by atoms with Gasteiger partial charge in [0.25, 0.3) is 0 Å². The molecule has 0 aromatic heterocycles. The van der Waals surface area contributed by atoms with Crippen LogP contribution in [0.15, 0.2) is 18.2 Å². The van der Waals surface area contributed by atoms with Gasteiger partial charge < -0.3 is 14.8 Å². The van der Waals surface area contributed by atoms with E-state index in [1.165, 1.54) is 51.4 Å². The Kier molecular flexibility index (Phi) is 14.1. The van der Waals surface area contributed by atoms with Crippen LogP contribution >= 0.6 is 0 Å². The number of carbonyl (C=O) groups is 1. The third kappa shape index (κ3) is 11.1. The van der Waals surface area contributed by atoms with Gasteiger partial charge in [0.15, 0.2) is 11.5 Å². The molecule has 0 heterocycles. The van der Waals surface area contributed by atoms with Gasteiger partial charge in [0.05, 0.1) is 7.11 Å². The number of aryl methyl sites for hydroxylation is 1. The van der Waals surface area contributed by atoms with Gasteiger partial charge in [-0.2, -0.15) is 0 Å². The smallest absolute Gasteiger partial charge is 0.220 e. The van der Waals surface area contributed by atoms with Gasteiger partial charge in [-0.3, -0.25) is 9.69 Å². The Hall–Kier alpha value is -1.75. The molecule has 0 atom stereocenters. The lowest BCUT2D eigenvalue weighted by molar-refractivity contribution is -0.122. The molecule has 0 aliphatic heterocycles. The largest absolute Gasteiger partial charge is 0.493 e. The number of hydrogen-bond donors (Lipinski definition) is 1. The molecule has 5 heteroatoms. The summed E-state index contributed by atoms with van der Waals surface area (Å²) in [5.41, 5.74) is 1.11. The molecular formula is C29H50N2O3. The van der Waals surface area contributed by atoms with Crippen LogP contribution in [0.1, 0.15) is 97.0 Å². The van der Waals surface area contributed by atoms with Crippen molar-refractivity contribution in [1.29, 1.82) is 0 Å². The summed E-state index contributed by atoms with van der Waals surface area (Å²) in [6.07, 6.45) is 13.5. The molecule has 194 valence electrons. The summed E-state index contributed by atoms with van der Waals surface area (Å²) in [4.78, 5) is 14.9. The Bertz CT molecular complexity index is 676. The van der Waals surface area contributed by atoms with E-state index in [-0.39, 0.29) is 5.91 Å². The zero-order chi connectivity index (χ0) is 24.6. The topological polar surface area (TPSA) is 50.8 Å². The molecule has 0 radical (unpaired) electrons. The van der Waals surface area contributed by atoms with Gasteiger partial charge in [0, 0.05) is 19.0 Å². The molecule has 2 rings (SSSR count). The fraction of sp³-hybridized carbons (Fsp3) is 0.759. The summed E-state index contributed by atoms with van der Waals surface area (Å²) < 4.78 is 11.7. The van der Waals surface area contributed by atoms with E-state index in [0.717, 1.165) is 55.5 Å². The first-order chi connectivity index (χ1) is 16.5. The van der Waals surface area contributed by atoms with E-state index in [9.17, 15) is 4.79 Å². The van der Waals surface area contributed by atoms with Crippen LogP contribution in [0.2, 0.25) is 0 Å². The lowest BCUT2D eigenvalue weighted by atomic mass is 9.87. The third-order valence-electron chi connectivity index (χ3n) is 7.07. The minimum absolute atomic E-state index is 0.157. The highest BCUT2D eigenvalue weighted by Crippen LogP contribution is 2.29. The average Bonchev–Trinajstić information content (AvgIpc) is 2.84. The summed E-state index contributed by atoms with van der Waals surface area (Å²) in [6, 6.07) is 6.43. The molecule has 0 spiro atoms. The van der Waals surface area contributed by atoms with E-state index in [0.29, 0.717) is 25.5 Å². The van der Waals surface area contributed by atoms with E-state index in [1.54, 1.807) is 7.11 Å². The summed E-state index contributed by atoms with van der Waals surface area (Å²) in [7, 11) is 1.69. The number of unbranched alkanes of at least 4 members (excludes halogenated alkanes) is 4. The molecule has 1 aliphatic rings. The number of benzene rings is 1. The zero-order valence-corrected chi connectivity index (χ0v) is 22.4. The van der Waals surface area contributed by atoms with E-state index in [2.05, 4.69) is 37.1 Å². The van der Waals surface area contributed by atoms with E-state index < -0.39 is 0 Å². The Balaban J connectivity index is 1.78. The Morgan fingerprint density at radius 2 is 1.65 bits per heavy atom. The SMILES string of the molecule is CCCCCN(CCCCC)CCOc1ccc(CCC(=O)NC2CCC(C)CC2)cc1OC. The molecular weight excluding hydrogens is 424 g/mol. The molecule has 1 aromatic carbocycles. The van der Waals surface area contributed by atoms with Crippen molar-refractivity contribution < 1.29 is 14.3 Å². The molecule has 0 bridgehead atoms. The quantitative estimate of drug-likeness (QED) is 0.266. The van der Waals surface area contributed by atoms with Crippen LogP contribution in [-0.4, -0.2) is 50.2 Å². The number of methoxy groups -OCH3 is 1. The molecule has 1 aliphatic carbocycles. The highest BCUT2D eigenvalue weighted by atomic mass is 16.5. The number of amides is 1. The second-order valence-corrected chi connectivity index (χ2v) is 10.1. The predicted octanol–water partition coefficient (Wildman–Crippen LogP) is 6.38. The fourth-order valence-electron chi connectivity index (χ4n) is 4.74. The molecule has 1 amide bonds. The number of nitrogens with zero attached hydrogens (tertiary/aromatic N) is 1. The highest BCUT2D eigenvalue weighted by Gasteiger charge is 2.19. The highest BCUT2D eigenvalue weighted by molar-refractivity contribution is 5.76. The number of carbonyl (C=O) groups excluding carboxylic acids is 1. The maximum Gasteiger partial charge on any atom is 0.220 e. The number of ether oxygens (including phenoxy) is 2. The van der Waals surface area contributed by atoms with Gasteiger partial charge in [-0.05, 0) is 81.6 Å². The molecule has 5 nitrogen and oxygen atoms in total. The van der Waals surface area contributed by atoms with Crippen LogP contribution in [-0.2, 0) is 11.2 Å². The van der Waals surface area contributed by atoms with Crippen molar-refractivity contribution in [2.45, 2.75) is 104 Å². The first-order valence-electron chi connectivity index (χ1n) is 13.9. The Morgan fingerprint density at radius 3 is 2.26 bits per heavy atom. The van der Waals surface area contributed by atoms with Gasteiger partial charge in [-0.15, -0.1) is 0 Å². The molecule has 1 saturated carbocycles. The summed E-state index contributed by atoms with van der Waals surface area (Å²) >= 11 is 0. The third-order valence-corrected chi connectivity index (χ3v) is 7.07.